The molecule has 1 nitrogen and oxygen atoms in total. The fourth-order valence-electron chi connectivity index (χ4n) is 0.914. The molecule has 0 bridgehead atoms. The topological polar surface area (TPSA) is 12.0 Å². The van der Waals surface area contributed by atoms with Gasteiger partial charge in [0.25, 0.3) is 0 Å². The largest absolute Gasteiger partial charge is 0.319 e. The van der Waals surface area contributed by atoms with Crippen LogP contribution in [0.1, 0.15) is 0 Å². The van der Waals surface area contributed by atoms with Crippen molar-refractivity contribution in [3.63, 3.8) is 0 Å². The molecule has 0 saturated heterocycles. The third kappa shape index (κ3) is 1.26. The first-order valence-corrected chi connectivity index (χ1v) is 7.80. The minimum absolute atomic E-state index is 1.09. The molecule has 0 aromatic heterocycles. The molecule has 5 heteroatoms. The zero-order chi connectivity index (χ0) is 7.90. The molecule has 1 N–H and O–H groups in total. The SMILES string of the molecule is S=S1(=S)SNc2ccccc21. The molecule has 58 valence electrons. The summed E-state index contributed by atoms with van der Waals surface area (Å²) < 4.78 is 3.14. The monoisotopic (exact) mass is 219 g/mol. The van der Waals surface area contributed by atoms with E-state index in [2.05, 4.69) is 4.72 Å². The maximum absolute atomic E-state index is 5.26. The summed E-state index contributed by atoms with van der Waals surface area (Å²) >= 11 is 10.5. The van der Waals surface area contributed by atoms with Gasteiger partial charge in [-0.15, -0.1) is 0 Å². The van der Waals surface area contributed by atoms with Crippen molar-refractivity contribution in [1.29, 1.82) is 0 Å². The smallest absolute Gasteiger partial charge is 0.0599 e. The van der Waals surface area contributed by atoms with E-state index < -0.39 is 6.18 Å². The lowest BCUT2D eigenvalue weighted by molar-refractivity contribution is 1.48. The highest BCUT2D eigenvalue weighted by Gasteiger charge is 2.18. The van der Waals surface area contributed by atoms with Crippen LogP contribution in [0.4, 0.5) is 5.69 Å². The van der Waals surface area contributed by atoms with Crippen LogP contribution in [0, 0.1) is 0 Å². The number of nitrogens with one attached hydrogen (secondary N) is 1. The van der Waals surface area contributed by atoms with Crippen molar-refractivity contribution < 1.29 is 0 Å². The van der Waals surface area contributed by atoms with Crippen molar-refractivity contribution in [3.8, 4) is 0 Å². The van der Waals surface area contributed by atoms with Crippen LogP contribution in [0.5, 0.6) is 0 Å². The van der Waals surface area contributed by atoms with Crippen molar-refractivity contribution in [2.24, 2.45) is 0 Å². The Hall–Kier alpha value is 0.160. The van der Waals surface area contributed by atoms with Crippen molar-refractivity contribution in [3.05, 3.63) is 24.3 Å². The number of rotatable bonds is 0. The third-order valence-electron chi connectivity index (χ3n) is 1.42. The summed E-state index contributed by atoms with van der Waals surface area (Å²) in [6.07, 6.45) is -1.43. The molecular weight excluding hydrogens is 214 g/mol. The van der Waals surface area contributed by atoms with E-state index >= 15 is 0 Å². The van der Waals surface area contributed by atoms with Crippen LogP contribution in [-0.4, -0.2) is 0 Å². The molecule has 1 heterocycles. The molecule has 0 saturated carbocycles. The standard InChI is InChI=1S/C6H5NS4/c8-11(9)6-4-2-1-3-5(6)7-10-11/h1-4,7H. The van der Waals surface area contributed by atoms with Gasteiger partial charge in [-0.05, 0) is 34.5 Å². The zero-order valence-corrected chi connectivity index (χ0v) is 8.71. The molecule has 0 fully saturated rings. The van der Waals surface area contributed by atoms with Crippen molar-refractivity contribution in [1.82, 2.24) is 0 Å². The van der Waals surface area contributed by atoms with Crippen LogP contribution < -0.4 is 4.72 Å². The molecule has 1 aliphatic rings. The summed E-state index contributed by atoms with van der Waals surface area (Å²) in [5.74, 6) is 0. The highest BCUT2D eigenvalue weighted by Crippen LogP contribution is 2.38. The van der Waals surface area contributed by atoms with Crippen molar-refractivity contribution in [2.75, 3.05) is 4.72 Å². The van der Waals surface area contributed by atoms with Gasteiger partial charge in [-0.3, -0.25) is 0 Å². The quantitative estimate of drug-likeness (QED) is 0.529. The van der Waals surface area contributed by atoms with E-state index in [1.165, 1.54) is 11.0 Å². The third-order valence-corrected chi connectivity index (χ3v) is 6.58. The Morgan fingerprint density at radius 2 is 2.00 bits per heavy atom. The second kappa shape index (κ2) is 2.58. The van der Waals surface area contributed by atoms with Crippen LogP contribution in [0.25, 0.3) is 0 Å². The second-order valence-corrected chi connectivity index (χ2v) is 10.8. The van der Waals surface area contributed by atoms with Gasteiger partial charge in [-0.25, -0.2) is 0 Å². The van der Waals surface area contributed by atoms with Gasteiger partial charge >= 0.3 is 0 Å². The van der Waals surface area contributed by atoms with Crippen LogP contribution >= 0.6 is 11.0 Å². The molecule has 0 spiro atoms. The molecule has 1 aliphatic heterocycles. The molecule has 0 radical (unpaired) electrons. The van der Waals surface area contributed by atoms with E-state index in [9.17, 15) is 0 Å². The molecular formula is C6H5NS4. The lowest BCUT2D eigenvalue weighted by Gasteiger charge is -1.96. The summed E-state index contributed by atoms with van der Waals surface area (Å²) in [6, 6.07) is 7.98. The van der Waals surface area contributed by atoms with Crippen molar-refractivity contribution >= 4 is 45.2 Å². The molecule has 0 unspecified atom stereocenters. The molecule has 1 aromatic carbocycles. The minimum Gasteiger partial charge on any atom is -0.319 e. The number of hydrogen-bond donors (Lipinski definition) is 1. The predicted octanol–water partition coefficient (Wildman–Crippen LogP) is 2.11. The highest BCUT2D eigenvalue weighted by atomic mass is 33.5. The fraction of sp³-hybridized carbons (Fsp3) is 0. The van der Waals surface area contributed by atoms with Crippen LogP contribution in [-0.2, 0) is 28.6 Å². The van der Waals surface area contributed by atoms with Gasteiger partial charge in [0.15, 0.2) is 0 Å². The van der Waals surface area contributed by atoms with Gasteiger partial charge in [0.05, 0.1) is 10.6 Å². The normalized spacial score (nSPS) is 18.9. The number of fused-ring (bicyclic) bond motifs is 1. The maximum atomic E-state index is 5.26. The first kappa shape index (κ1) is 7.79. The number of hydrogen-bond acceptors (Lipinski definition) is 4. The second-order valence-electron chi connectivity index (χ2n) is 2.14. The first-order chi connectivity index (χ1) is 5.20. The van der Waals surface area contributed by atoms with Gasteiger partial charge in [0, 0.05) is 17.2 Å². The zero-order valence-electron chi connectivity index (χ0n) is 5.44. The fourth-order valence-corrected chi connectivity index (χ4v) is 4.87. The molecule has 0 atom stereocenters. The van der Waals surface area contributed by atoms with Crippen LogP contribution in [0.2, 0.25) is 0 Å². The number of para-hydroxylation sites is 1. The predicted molar refractivity (Wildman–Crippen MR) is 58.0 cm³/mol. The van der Waals surface area contributed by atoms with Gasteiger partial charge in [0.2, 0.25) is 0 Å². The van der Waals surface area contributed by atoms with Crippen molar-refractivity contribution in [2.45, 2.75) is 4.90 Å². The Morgan fingerprint density at radius 1 is 1.27 bits per heavy atom. The Balaban J connectivity index is 2.75. The van der Waals surface area contributed by atoms with Crippen LogP contribution in [0.3, 0.4) is 0 Å². The van der Waals surface area contributed by atoms with E-state index in [0.29, 0.717) is 0 Å². The lowest BCUT2D eigenvalue weighted by atomic mass is 10.3. The maximum Gasteiger partial charge on any atom is 0.0599 e. The Bertz CT molecular complexity index is 381. The van der Waals surface area contributed by atoms with Gasteiger partial charge in [-0.2, -0.15) is 0 Å². The molecule has 0 amide bonds. The molecule has 2 rings (SSSR count). The lowest BCUT2D eigenvalue weighted by Crippen LogP contribution is -1.81. The van der Waals surface area contributed by atoms with E-state index in [1.54, 1.807) is 0 Å². The van der Waals surface area contributed by atoms with E-state index in [0.717, 1.165) is 10.6 Å². The van der Waals surface area contributed by atoms with Crippen LogP contribution in [0.15, 0.2) is 29.2 Å². The highest BCUT2D eigenvalue weighted by molar-refractivity contribution is 8.98. The summed E-state index contributed by atoms with van der Waals surface area (Å²) in [6.45, 7) is 0. The van der Waals surface area contributed by atoms with E-state index in [-0.39, 0.29) is 0 Å². The van der Waals surface area contributed by atoms with E-state index in [4.69, 9.17) is 22.4 Å². The summed E-state index contributed by atoms with van der Waals surface area (Å²) in [4.78, 5) is 1.12. The Kier molecular flexibility index (Phi) is 1.83. The molecule has 1 aromatic rings. The minimum atomic E-state index is -1.43. The summed E-state index contributed by atoms with van der Waals surface area (Å²) in [7, 11) is 1.49. The average Bonchev–Trinajstić information content (AvgIpc) is 2.29. The molecule has 11 heavy (non-hydrogen) atoms. The van der Waals surface area contributed by atoms with Gasteiger partial charge in [0.1, 0.15) is 0 Å². The number of benzene rings is 1. The average molecular weight is 219 g/mol. The number of anilines is 1. The summed E-state index contributed by atoms with van der Waals surface area (Å²) in [5, 5.41) is 0. The van der Waals surface area contributed by atoms with Gasteiger partial charge in [-0.1, -0.05) is 12.1 Å². The summed E-state index contributed by atoms with van der Waals surface area (Å²) in [5.41, 5.74) is 1.09. The Morgan fingerprint density at radius 3 is 2.73 bits per heavy atom. The van der Waals surface area contributed by atoms with Gasteiger partial charge < -0.3 is 4.72 Å². The molecule has 0 aliphatic carbocycles. The Labute approximate surface area is 78.9 Å². The first-order valence-electron chi connectivity index (χ1n) is 2.99. The van der Waals surface area contributed by atoms with E-state index in [1.807, 2.05) is 24.3 Å².